The van der Waals surface area contributed by atoms with Crippen LogP contribution in [0.3, 0.4) is 0 Å². The first-order valence-electron chi connectivity index (χ1n) is 11.5. The fourth-order valence-corrected chi connectivity index (χ4v) is 7.35. The van der Waals surface area contributed by atoms with Crippen molar-refractivity contribution >= 4 is 56.7 Å². The number of imide groups is 1. The van der Waals surface area contributed by atoms with Crippen molar-refractivity contribution in [2.45, 2.75) is 17.2 Å². The van der Waals surface area contributed by atoms with Crippen LogP contribution in [0, 0.1) is 23.7 Å². The van der Waals surface area contributed by atoms with E-state index in [9.17, 15) is 14.4 Å². The van der Waals surface area contributed by atoms with Crippen molar-refractivity contribution in [3.05, 3.63) is 66.2 Å². The largest absolute Gasteiger partial charge is 0.355 e. The molecule has 4 atom stereocenters. The van der Waals surface area contributed by atoms with E-state index < -0.39 is 0 Å². The van der Waals surface area contributed by atoms with E-state index in [1.807, 2.05) is 42.5 Å². The molecule has 1 saturated carbocycles. The molecule has 3 amide bonds. The fraction of sp³-hybridized carbons (Fsp3) is 0.308. The Kier molecular flexibility index (Phi) is 5.50. The molecule has 2 aliphatic carbocycles. The van der Waals surface area contributed by atoms with E-state index in [-0.39, 0.29) is 41.4 Å². The third kappa shape index (κ3) is 3.75. The molecule has 6 nitrogen and oxygen atoms in total. The Balaban J connectivity index is 1.09. The van der Waals surface area contributed by atoms with Crippen LogP contribution in [0.15, 0.2) is 65.0 Å². The Morgan fingerprint density at radius 1 is 1.06 bits per heavy atom. The number of hydrogen-bond acceptors (Lipinski definition) is 6. The average Bonchev–Trinajstić information content (AvgIpc) is 3.61. The minimum atomic E-state index is -0.203. The third-order valence-corrected chi connectivity index (χ3v) is 9.15. The maximum Gasteiger partial charge on any atom is 0.238 e. The lowest BCUT2D eigenvalue weighted by Gasteiger charge is -2.17. The molecule has 2 bridgehead atoms. The van der Waals surface area contributed by atoms with Gasteiger partial charge in [-0.25, -0.2) is 9.88 Å². The van der Waals surface area contributed by atoms with Gasteiger partial charge in [0.2, 0.25) is 17.7 Å². The molecule has 34 heavy (non-hydrogen) atoms. The lowest BCUT2D eigenvalue weighted by Crippen LogP contribution is -2.32. The Bertz CT molecular complexity index is 1290. The number of hydrogen-bond donors (Lipinski definition) is 1. The quantitative estimate of drug-likeness (QED) is 0.308. The van der Waals surface area contributed by atoms with Crippen LogP contribution in [0.4, 0.5) is 5.69 Å². The molecule has 2 heterocycles. The van der Waals surface area contributed by atoms with Gasteiger partial charge in [-0.1, -0.05) is 54.2 Å². The van der Waals surface area contributed by atoms with Crippen molar-refractivity contribution in [3.63, 3.8) is 0 Å². The minimum absolute atomic E-state index is 0.0242. The Morgan fingerprint density at radius 3 is 2.53 bits per heavy atom. The van der Waals surface area contributed by atoms with Gasteiger partial charge < -0.3 is 5.32 Å². The van der Waals surface area contributed by atoms with Gasteiger partial charge >= 0.3 is 0 Å². The van der Waals surface area contributed by atoms with Crippen molar-refractivity contribution in [1.82, 2.24) is 10.3 Å². The first kappa shape index (κ1) is 21.6. The van der Waals surface area contributed by atoms with Crippen LogP contribution in [0.1, 0.15) is 12.0 Å². The van der Waals surface area contributed by atoms with E-state index >= 15 is 0 Å². The van der Waals surface area contributed by atoms with Gasteiger partial charge in [0.25, 0.3) is 0 Å². The normalized spacial score (nSPS) is 24.9. The number of allylic oxidation sites excluding steroid dienone is 2. The second-order valence-corrected chi connectivity index (χ2v) is 11.3. The summed E-state index contributed by atoms with van der Waals surface area (Å²) in [7, 11) is 0. The molecule has 0 spiro atoms. The highest BCUT2D eigenvalue weighted by atomic mass is 32.2. The van der Waals surface area contributed by atoms with Crippen molar-refractivity contribution in [2.75, 3.05) is 17.2 Å². The van der Waals surface area contributed by atoms with E-state index in [1.54, 1.807) is 6.07 Å². The number of aromatic nitrogens is 1. The molecule has 8 heteroatoms. The van der Waals surface area contributed by atoms with E-state index in [1.165, 1.54) is 33.6 Å². The predicted octanol–water partition coefficient (Wildman–Crippen LogP) is 4.06. The van der Waals surface area contributed by atoms with Crippen LogP contribution in [0.25, 0.3) is 10.2 Å². The summed E-state index contributed by atoms with van der Waals surface area (Å²) in [5, 5.41) is 2.95. The number of nitrogens with one attached hydrogen (secondary N) is 1. The lowest BCUT2D eigenvalue weighted by molar-refractivity contribution is -0.123. The Labute approximate surface area is 205 Å². The van der Waals surface area contributed by atoms with Crippen LogP contribution < -0.4 is 10.2 Å². The molecule has 3 aliphatic rings. The number of thiazole rings is 1. The number of nitrogens with zero attached hydrogens (tertiary/aromatic N) is 2. The lowest BCUT2D eigenvalue weighted by atomic mass is 9.85. The Hall–Kier alpha value is -2.97. The number of thioether (sulfide) groups is 1. The predicted molar refractivity (Wildman–Crippen MR) is 134 cm³/mol. The highest BCUT2D eigenvalue weighted by molar-refractivity contribution is 8.01. The second-order valence-electron chi connectivity index (χ2n) is 9.02. The van der Waals surface area contributed by atoms with Gasteiger partial charge in [0, 0.05) is 6.54 Å². The van der Waals surface area contributed by atoms with Crippen LogP contribution >= 0.6 is 23.1 Å². The molecule has 2 fully saturated rings. The van der Waals surface area contributed by atoms with Crippen molar-refractivity contribution in [2.24, 2.45) is 23.7 Å². The average molecular weight is 490 g/mol. The molecule has 0 radical (unpaired) electrons. The van der Waals surface area contributed by atoms with Gasteiger partial charge in [-0.05, 0) is 48.4 Å². The monoisotopic (exact) mass is 489 g/mol. The summed E-state index contributed by atoms with van der Waals surface area (Å²) in [6.07, 6.45) is 5.94. The standard InChI is InChI=1S/C26H23N3O3S2/c30-21(27-11-10-15-4-2-1-3-5-15)14-33-26-28-19-9-8-18(13-20(19)34-26)29-24(31)22-16-6-7-17(12-16)23(22)25(29)32/h1-9,13,16-17,22-23H,10-12,14H2,(H,27,30)/t16-,17-,22+,23+/m0/s1. The van der Waals surface area contributed by atoms with Crippen LogP contribution in [-0.2, 0) is 20.8 Å². The van der Waals surface area contributed by atoms with Gasteiger partial charge in [0.05, 0.1) is 33.5 Å². The summed E-state index contributed by atoms with van der Waals surface area (Å²) >= 11 is 2.88. The van der Waals surface area contributed by atoms with Crippen molar-refractivity contribution < 1.29 is 14.4 Å². The Morgan fingerprint density at radius 2 is 1.79 bits per heavy atom. The van der Waals surface area contributed by atoms with Gasteiger partial charge in [0.1, 0.15) is 0 Å². The molecule has 1 N–H and O–H groups in total. The summed E-state index contributed by atoms with van der Waals surface area (Å²) in [4.78, 5) is 44.4. The van der Waals surface area contributed by atoms with Crippen molar-refractivity contribution in [1.29, 1.82) is 0 Å². The molecule has 1 saturated heterocycles. The molecule has 172 valence electrons. The highest BCUT2D eigenvalue weighted by Crippen LogP contribution is 2.53. The molecular formula is C26H23N3O3S2. The second kappa shape index (κ2) is 8.67. The van der Waals surface area contributed by atoms with E-state index in [2.05, 4.69) is 22.5 Å². The number of carbonyl (C=O) groups is 3. The molecule has 0 unspecified atom stereocenters. The number of benzene rings is 2. The topological polar surface area (TPSA) is 79.4 Å². The van der Waals surface area contributed by atoms with Gasteiger partial charge in [-0.3, -0.25) is 14.4 Å². The zero-order chi connectivity index (χ0) is 23.2. The molecule has 1 aromatic heterocycles. The zero-order valence-corrected chi connectivity index (χ0v) is 20.0. The number of anilines is 1. The number of carbonyl (C=O) groups excluding carboxylic acids is 3. The van der Waals surface area contributed by atoms with Gasteiger partial charge in [0.15, 0.2) is 4.34 Å². The highest BCUT2D eigenvalue weighted by Gasteiger charge is 2.59. The molecule has 6 rings (SSSR count). The maximum atomic E-state index is 13.1. The summed E-state index contributed by atoms with van der Waals surface area (Å²) in [5.74, 6) is 0.121. The summed E-state index contributed by atoms with van der Waals surface area (Å²) < 4.78 is 1.70. The smallest absolute Gasteiger partial charge is 0.238 e. The van der Waals surface area contributed by atoms with Gasteiger partial charge in [-0.2, -0.15) is 0 Å². The summed E-state index contributed by atoms with van der Waals surface area (Å²) in [5.41, 5.74) is 2.62. The molecule has 1 aliphatic heterocycles. The fourth-order valence-electron chi connectivity index (χ4n) is 5.42. The summed E-state index contributed by atoms with van der Waals surface area (Å²) in [6, 6.07) is 15.6. The minimum Gasteiger partial charge on any atom is -0.355 e. The first-order chi connectivity index (χ1) is 16.6. The van der Waals surface area contributed by atoms with E-state index in [4.69, 9.17) is 0 Å². The number of amides is 3. The summed E-state index contributed by atoms with van der Waals surface area (Å²) in [6.45, 7) is 0.601. The number of fused-ring (bicyclic) bond motifs is 6. The van der Waals surface area contributed by atoms with Crippen LogP contribution in [-0.4, -0.2) is 35.0 Å². The van der Waals surface area contributed by atoms with Crippen LogP contribution in [0.2, 0.25) is 0 Å². The van der Waals surface area contributed by atoms with Gasteiger partial charge in [-0.15, -0.1) is 11.3 Å². The van der Waals surface area contributed by atoms with E-state index in [0.29, 0.717) is 18.0 Å². The maximum absolute atomic E-state index is 13.1. The molecule has 2 aromatic carbocycles. The number of rotatable bonds is 7. The van der Waals surface area contributed by atoms with E-state index in [0.717, 1.165) is 27.4 Å². The molecule has 3 aromatic rings. The molecular weight excluding hydrogens is 466 g/mol. The third-order valence-electron chi connectivity index (χ3n) is 6.99. The van der Waals surface area contributed by atoms with Crippen LogP contribution in [0.5, 0.6) is 0 Å². The van der Waals surface area contributed by atoms with Crippen molar-refractivity contribution in [3.8, 4) is 0 Å². The first-order valence-corrected chi connectivity index (χ1v) is 13.3. The SMILES string of the molecule is O=C(CSc1nc2ccc(N3C(=O)[C@H]4[C@H](C3=O)[C@H]3C=C[C@H]4C3)cc2s1)NCCc1ccccc1. The zero-order valence-electron chi connectivity index (χ0n) is 18.3.